The van der Waals surface area contributed by atoms with Gasteiger partial charge in [0.1, 0.15) is 18.2 Å². The van der Waals surface area contributed by atoms with Crippen molar-refractivity contribution in [2.75, 3.05) is 82.3 Å². The lowest BCUT2D eigenvalue weighted by Crippen LogP contribution is -2.52. The molecule has 392 valence electrons. The third-order valence-electron chi connectivity index (χ3n) is 16.1. The maximum absolute atomic E-state index is 14.7. The van der Waals surface area contributed by atoms with Gasteiger partial charge in [0.15, 0.2) is 0 Å². The van der Waals surface area contributed by atoms with E-state index in [4.69, 9.17) is 0 Å². The summed E-state index contributed by atoms with van der Waals surface area (Å²) in [5.74, 6) is 0.159. The second-order valence-electron chi connectivity index (χ2n) is 20.8. The van der Waals surface area contributed by atoms with E-state index in [0.29, 0.717) is 60.9 Å². The van der Waals surface area contributed by atoms with Crippen LogP contribution in [0.4, 0.5) is 24.5 Å². The maximum Gasteiger partial charge on any atom is 0.418 e. The summed E-state index contributed by atoms with van der Waals surface area (Å²) < 4.78 is 48.5. The highest BCUT2D eigenvalue weighted by Gasteiger charge is 2.40. The molecule has 3 saturated heterocycles. The second kappa shape index (κ2) is 20.4. The fourth-order valence-corrected chi connectivity index (χ4v) is 11.7. The van der Waals surface area contributed by atoms with Gasteiger partial charge < -0.3 is 29.1 Å². The Balaban J connectivity index is 0.648. The van der Waals surface area contributed by atoms with Gasteiger partial charge in [-0.05, 0) is 115 Å². The van der Waals surface area contributed by atoms with Crippen molar-refractivity contribution in [1.82, 2.24) is 48.6 Å². The van der Waals surface area contributed by atoms with Crippen LogP contribution < -0.4 is 20.8 Å². The minimum Gasteiger partial charge on any atom is -0.368 e. The van der Waals surface area contributed by atoms with Gasteiger partial charge >= 0.3 is 11.9 Å². The van der Waals surface area contributed by atoms with Crippen LogP contribution in [-0.4, -0.2) is 145 Å². The van der Waals surface area contributed by atoms with Gasteiger partial charge in [-0.25, -0.2) is 4.79 Å². The topological polar surface area (TPSA) is 157 Å². The summed E-state index contributed by atoms with van der Waals surface area (Å²) in [5, 5.41) is 10.9. The standard InChI is InChI=1S/C55H61F3N12O5/c1-62(52(73)38-10-12-41(13-11-38)66-24-26-67(27-25-66)42-14-15-44-40(30-42)33-69(53(44)74)46-16-17-48(71)60-51(46)72)18-5-19-64-20-22-65(23-21-64)31-36-28-45(55(56,57)58)47-34-68(54(75)70(47)32-36)43-9-4-8-39(29-43)49(37-6-3-7-37)50-61-59-35-63(50)2/h4,8-15,28-30,32,34-35,37,46,49H,3,5-7,16-27,31,33H2,1-2H3,(H,60,71,72)/t46?,49-/m1/s1. The summed E-state index contributed by atoms with van der Waals surface area (Å²) in [6.45, 7) is 7.77. The van der Waals surface area contributed by atoms with Gasteiger partial charge in [-0.3, -0.25) is 38.4 Å². The normalized spacial score (nSPS) is 19.4. The van der Waals surface area contributed by atoms with Crippen LogP contribution in [-0.2, 0) is 35.9 Å². The molecule has 4 fully saturated rings. The van der Waals surface area contributed by atoms with E-state index in [9.17, 15) is 37.1 Å². The molecule has 5 aliphatic rings. The van der Waals surface area contributed by atoms with Crippen molar-refractivity contribution < 1.29 is 32.3 Å². The molecule has 1 aliphatic carbocycles. The number of piperidine rings is 1. The fraction of sp³-hybridized carbons (Fsp3) is 0.436. The highest BCUT2D eigenvalue weighted by Crippen LogP contribution is 2.43. The Labute approximate surface area is 432 Å². The summed E-state index contributed by atoms with van der Waals surface area (Å²) in [4.78, 5) is 77.2. The first-order valence-corrected chi connectivity index (χ1v) is 26.0. The third-order valence-corrected chi connectivity index (χ3v) is 16.1. The van der Waals surface area contributed by atoms with Crippen molar-refractivity contribution in [3.63, 3.8) is 0 Å². The van der Waals surface area contributed by atoms with Crippen molar-refractivity contribution in [3.8, 4) is 5.69 Å². The van der Waals surface area contributed by atoms with E-state index in [0.717, 1.165) is 104 Å². The molecule has 3 aromatic heterocycles. The van der Waals surface area contributed by atoms with Crippen LogP contribution in [0.5, 0.6) is 0 Å². The van der Waals surface area contributed by atoms with Crippen LogP contribution in [0.2, 0.25) is 0 Å². The first-order valence-electron chi connectivity index (χ1n) is 26.0. The Morgan fingerprint density at radius 2 is 1.55 bits per heavy atom. The quantitative estimate of drug-likeness (QED) is 0.137. The number of imidazole rings is 1. The molecular weight excluding hydrogens is 966 g/mol. The molecule has 4 aliphatic heterocycles. The predicted octanol–water partition coefficient (Wildman–Crippen LogP) is 5.54. The summed E-state index contributed by atoms with van der Waals surface area (Å²) in [6.07, 6.45) is 4.34. The number of fused-ring (bicyclic) bond motifs is 2. The van der Waals surface area contributed by atoms with E-state index >= 15 is 0 Å². The number of alkyl halides is 3. The van der Waals surface area contributed by atoms with Gasteiger partial charge in [0.25, 0.3) is 11.8 Å². The molecule has 75 heavy (non-hydrogen) atoms. The number of amides is 4. The molecule has 2 atom stereocenters. The highest BCUT2D eigenvalue weighted by molar-refractivity contribution is 6.05. The zero-order valence-electron chi connectivity index (χ0n) is 42.2. The van der Waals surface area contributed by atoms with Crippen LogP contribution in [0.25, 0.3) is 11.2 Å². The second-order valence-corrected chi connectivity index (χ2v) is 20.8. The van der Waals surface area contributed by atoms with Gasteiger partial charge in [0.2, 0.25) is 11.8 Å². The smallest absolute Gasteiger partial charge is 0.368 e. The van der Waals surface area contributed by atoms with E-state index in [1.807, 2.05) is 79.3 Å². The number of carbonyl (C=O) groups excluding carboxylic acids is 4. The third kappa shape index (κ3) is 10.0. The van der Waals surface area contributed by atoms with E-state index in [1.54, 1.807) is 28.4 Å². The first-order chi connectivity index (χ1) is 36.2. The van der Waals surface area contributed by atoms with Crippen molar-refractivity contribution >= 4 is 40.5 Å². The first kappa shape index (κ1) is 49.9. The number of aryl methyl sites for hydroxylation is 1. The Bertz CT molecular complexity index is 3200. The van der Waals surface area contributed by atoms with Gasteiger partial charge in [-0.15, -0.1) is 10.2 Å². The SMILES string of the molecule is CN(CCCN1CCN(Cc2cc(C(F)(F)F)c3cn(-c4cccc([C@H](c5nncn5C)C5CCC5)c4)c(=O)n3c2)CC1)C(=O)c1ccc(N2CCN(c3ccc4c(c3)CN(C3CCC(=O)NC3=O)C4=O)CC2)cc1. The van der Waals surface area contributed by atoms with Crippen LogP contribution >= 0.6 is 0 Å². The largest absolute Gasteiger partial charge is 0.418 e. The number of nitrogens with one attached hydrogen (secondary N) is 1. The number of halogens is 3. The number of benzene rings is 3. The molecule has 4 amide bonds. The molecule has 0 spiro atoms. The zero-order chi connectivity index (χ0) is 52.1. The number of pyridine rings is 1. The van der Waals surface area contributed by atoms with Gasteiger partial charge in [0, 0.05) is 133 Å². The van der Waals surface area contributed by atoms with Crippen molar-refractivity contribution in [2.24, 2.45) is 13.0 Å². The number of hydrogen-bond donors (Lipinski definition) is 1. The van der Waals surface area contributed by atoms with Gasteiger partial charge in [0.05, 0.1) is 16.8 Å². The molecule has 20 heteroatoms. The summed E-state index contributed by atoms with van der Waals surface area (Å²) in [6, 6.07) is 21.6. The maximum atomic E-state index is 14.7. The number of rotatable bonds is 14. The van der Waals surface area contributed by atoms with E-state index in [1.165, 1.54) is 16.8 Å². The molecule has 11 rings (SSSR count). The Kier molecular flexibility index (Phi) is 13.6. The molecule has 1 N–H and O–H groups in total. The molecule has 0 radical (unpaired) electrons. The molecule has 6 aromatic rings. The fourth-order valence-electron chi connectivity index (χ4n) is 11.7. The van der Waals surface area contributed by atoms with Crippen LogP contribution in [0.3, 0.4) is 0 Å². The number of carbonyl (C=O) groups is 4. The lowest BCUT2D eigenvalue weighted by molar-refractivity contribution is -0.137. The number of nitrogens with zero attached hydrogens (tertiary/aromatic N) is 11. The average molecular weight is 1030 g/mol. The lowest BCUT2D eigenvalue weighted by atomic mass is 9.72. The Morgan fingerprint density at radius 3 is 2.23 bits per heavy atom. The molecule has 1 unspecified atom stereocenters. The number of aromatic nitrogens is 5. The molecule has 7 heterocycles. The van der Waals surface area contributed by atoms with E-state index in [2.05, 4.69) is 35.1 Å². The lowest BCUT2D eigenvalue weighted by Gasteiger charge is -2.37. The monoisotopic (exact) mass is 1030 g/mol. The van der Waals surface area contributed by atoms with Crippen LogP contribution in [0, 0.1) is 5.92 Å². The number of imide groups is 1. The van der Waals surface area contributed by atoms with Gasteiger partial charge in [-0.2, -0.15) is 13.2 Å². The Morgan fingerprint density at radius 1 is 0.827 bits per heavy atom. The number of piperazine rings is 2. The predicted molar refractivity (Wildman–Crippen MR) is 275 cm³/mol. The van der Waals surface area contributed by atoms with E-state index in [-0.39, 0.29) is 42.1 Å². The minimum atomic E-state index is -4.68. The van der Waals surface area contributed by atoms with E-state index < -0.39 is 29.4 Å². The summed E-state index contributed by atoms with van der Waals surface area (Å²) >= 11 is 0. The highest BCUT2D eigenvalue weighted by atomic mass is 19.4. The Hall–Kier alpha value is -7.32. The molecule has 1 saturated carbocycles. The molecule has 17 nitrogen and oxygen atoms in total. The summed E-state index contributed by atoms with van der Waals surface area (Å²) in [5.41, 5.74) is 4.38. The van der Waals surface area contributed by atoms with Crippen LogP contribution in [0.15, 0.2) is 96.3 Å². The minimum absolute atomic E-state index is 0.0488. The molecule has 0 bridgehead atoms. The van der Waals surface area contributed by atoms with Crippen molar-refractivity contribution in [2.45, 2.75) is 69.8 Å². The molecule has 3 aromatic carbocycles. The zero-order valence-corrected chi connectivity index (χ0v) is 42.2. The van der Waals surface area contributed by atoms with Crippen molar-refractivity contribution in [1.29, 1.82) is 0 Å². The number of anilines is 2. The average Bonchev–Trinajstić information content (AvgIpc) is 4.09. The molecular formula is C55H61F3N12O5. The van der Waals surface area contributed by atoms with Crippen LogP contribution in [0.1, 0.15) is 93.2 Å². The van der Waals surface area contributed by atoms with Crippen molar-refractivity contribution in [3.05, 3.63) is 141 Å². The van der Waals surface area contributed by atoms with Gasteiger partial charge in [-0.1, -0.05) is 18.6 Å². The summed E-state index contributed by atoms with van der Waals surface area (Å²) in [7, 11) is 3.71. The number of hydrogen-bond acceptors (Lipinski definition) is 11.